The van der Waals surface area contributed by atoms with Crippen molar-refractivity contribution in [3.05, 3.63) is 0 Å². The molecule has 1 saturated carbocycles. The molecule has 1 rings (SSSR count). The van der Waals surface area contributed by atoms with Gasteiger partial charge in [0, 0.05) is 13.0 Å². The maximum absolute atomic E-state index is 11.8. The standard InChI is InChI=1S/C13H21NO2/c1-3-5-11(9-14)13(15)8-10-6-12(7-10)16-4-2/h10-12H,3-8H2,1-2H3. The number of nitriles is 1. The minimum atomic E-state index is -0.379. The zero-order chi connectivity index (χ0) is 12.0. The third-order valence-corrected chi connectivity index (χ3v) is 3.21. The van der Waals surface area contributed by atoms with Crippen LogP contribution in [0.3, 0.4) is 0 Å². The Morgan fingerprint density at radius 1 is 1.50 bits per heavy atom. The van der Waals surface area contributed by atoms with E-state index in [2.05, 4.69) is 6.07 Å². The fraction of sp³-hybridized carbons (Fsp3) is 0.846. The molecular formula is C13H21NO2. The highest BCUT2D eigenvalue weighted by Gasteiger charge is 2.32. The lowest BCUT2D eigenvalue weighted by Gasteiger charge is -2.34. The van der Waals surface area contributed by atoms with Gasteiger partial charge >= 0.3 is 0 Å². The monoisotopic (exact) mass is 223 g/mol. The Hall–Kier alpha value is -0.880. The van der Waals surface area contributed by atoms with E-state index in [1.807, 2.05) is 13.8 Å². The maximum atomic E-state index is 11.8. The van der Waals surface area contributed by atoms with Gasteiger partial charge in [-0.1, -0.05) is 13.3 Å². The number of rotatable bonds is 7. The average Bonchev–Trinajstić information content (AvgIpc) is 2.22. The first kappa shape index (κ1) is 13.2. The van der Waals surface area contributed by atoms with Crippen molar-refractivity contribution in [1.82, 2.24) is 0 Å². The number of ketones is 1. The molecule has 0 aromatic rings. The number of hydrogen-bond acceptors (Lipinski definition) is 3. The molecule has 90 valence electrons. The van der Waals surface area contributed by atoms with Crippen LogP contribution in [0.1, 0.15) is 46.0 Å². The van der Waals surface area contributed by atoms with Gasteiger partial charge in [-0.05, 0) is 32.1 Å². The summed E-state index contributed by atoms with van der Waals surface area (Å²) in [6.07, 6.45) is 4.51. The Morgan fingerprint density at radius 3 is 2.69 bits per heavy atom. The summed E-state index contributed by atoms with van der Waals surface area (Å²) in [4.78, 5) is 11.8. The van der Waals surface area contributed by atoms with E-state index in [0.717, 1.165) is 25.9 Å². The second kappa shape index (κ2) is 6.65. The van der Waals surface area contributed by atoms with Gasteiger partial charge in [-0.15, -0.1) is 0 Å². The van der Waals surface area contributed by atoms with Crippen molar-refractivity contribution in [2.45, 2.75) is 52.1 Å². The van der Waals surface area contributed by atoms with E-state index in [-0.39, 0.29) is 11.7 Å². The van der Waals surface area contributed by atoms with Crippen molar-refractivity contribution in [3.8, 4) is 6.07 Å². The third kappa shape index (κ3) is 3.61. The van der Waals surface area contributed by atoms with Crippen LogP contribution in [0.15, 0.2) is 0 Å². The van der Waals surface area contributed by atoms with Gasteiger partial charge in [0.1, 0.15) is 11.7 Å². The van der Waals surface area contributed by atoms with Gasteiger partial charge < -0.3 is 4.74 Å². The summed E-state index contributed by atoms with van der Waals surface area (Å²) in [7, 11) is 0. The molecular weight excluding hydrogens is 202 g/mol. The van der Waals surface area contributed by atoms with Gasteiger partial charge in [-0.2, -0.15) is 5.26 Å². The SMILES string of the molecule is CCCC(C#N)C(=O)CC1CC(OCC)C1. The summed E-state index contributed by atoms with van der Waals surface area (Å²) in [6, 6.07) is 2.11. The maximum Gasteiger partial charge on any atom is 0.150 e. The van der Waals surface area contributed by atoms with Gasteiger partial charge in [0.15, 0.2) is 0 Å². The van der Waals surface area contributed by atoms with Gasteiger partial charge in [0.2, 0.25) is 0 Å². The van der Waals surface area contributed by atoms with Crippen molar-refractivity contribution >= 4 is 5.78 Å². The quantitative estimate of drug-likeness (QED) is 0.666. The van der Waals surface area contributed by atoms with Crippen molar-refractivity contribution in [3.63, 3.8) is 0 Å². The summed E-state index contributed by atoms with van der Waals surface area (Å²) >= 11 is 0. The molecule has 1 fully saturated rings. The molecule has 0 saturated heterocycles. The lowest BCUT2D eigenvalue weighted by Crippen LogP contribution is -2.33. The average molecular weight is 223 g/mol. The number of Topliss-reactive ketones (excluding diaryl/α,β-unsaturated/α-hetero) is 1. The predicted molar refractivity (Wildman–Crippen MR) is 61.8 cm³/mol. The van der Waals surface area contributed by atoms with Gasteiger partial charge in [-0.25, -0.2) is 0 Å². The number of hydrogen-bond donors (Lipinski definition) is 0. The van der Waals surface area contributed by atoms with E-state index in [1.54, 1.807) is 0 Å². The van der Waals surface area contributed by atoms with Crippen LogP contribution in [0.2, 0.25) is 0 Å². The van der Waals surface area contributed by atoms with Gasteiger partial charge in [0.05, 0.1) is 12.2 Å². The molecule has 0 amide bonds. The summed E-state index contributed by atoms with van der Waals surface area (Å²) in [5, 5.41) is 8.87. The molecule has 1 aliphatic carbocycles. The molecule has 0 heterocycles. The summed E-state index contributed by atoms with van der Waals surface area (Å²) < 4.78 is 5.45. The minimum absolute atomic E-state index is 0.129. The van der Waals surface area contributed by atoms with Crippen LogP contribution in [0.4, 0.5) is 0 Å². The molecule has 0 aliphatic heterocycles. The Kier molecular flexibility index (Phi) is 5.48. The third-order valence-electron chi connectivity index (χ3n) is 3.21. The molecule has 1 aliphatic rings. The highest BCUT2D eigenvalue weighted by Crippen LogP contribution is 2.33. The lowest BCUT2D eigenvalue weighted by molar-refractivity contribution is -0.124. The van der Waals surface area contributed by atoms with Crippen molar-refractivity contribution in [2.24, 2.45) is 11.8 Å². The fourth-order valence-electron chi connectivity index (χ4n) is 2.23. The van der Waals surface area contributed by atoms with Crippen LogP contribution in [-0.2, 0) is 9.53 Å². The van der Waals surface area contributed by atoms with Crippen LogP contribution < -0.4 is 0 Å². The molecule has 16 heavy (non-hydrogen) atoms. The largest absolute Gasteiger partial charge is 0.378 e. The van der Waals surface area contributed by atoms with Crippen molar-refractivity contribution < 1.29 is 9.53 Å². The Balaban J connectivity index is 2.23. The van der Waals surface area contributed by atoms with E-state index in [9.17, 15) is 4.79 Å². The van der Waals surface area contributed by atoms with Crippen LogP contribution in [-0.4, -0.2) is 18.5 Å². The minimum Gasteiger partial charge on any atom is -0.378 e. The van der Waals surface area contributed by atoms with Crippen LogP contribution in [0, 0.1) is 23.2 Å². The first-order valence-electron chi connectivity index (χ1n) is 6.25. The topological polar surface area (TPSA) is 50.1 Å². The van der Waals surface area contributed by atoms with Crippen LogP contribution in [0.5, 0.6) is 0 Å². The molecule has 0 bridgehead atoms. The Morgan fingerprint density at radius 2 is 2.19 bits per heavy atom. The molecule has 3 heteroatoms. The summed E-state index contributed by atoms with van der Waals surface area (Å²) in [6.45, 7) is 4.75. The lowest BCUT2D eigenvalue weighted by atomic mass is 9.77. The molecule has 1 unspecified atom stereocenters. The Labute approximate surface area is 97.8 Å². The molecule has 3 nitrogen and oxygen atoms in total. The molecule has 1 atom stereocenters. The van der Waals surface area contributed by atoms with E-state index in [4.69, 9.17) is 10.00 Å². The number of carbonyl (C=O) groups is 1. The molecule has 0 radical (unpaired) electrons. The zero-order valence-corrected chi connectivity index (χ0v) is 10.2. The highest BCUT2D eigenvalue weighted by atomic mass is 16.5. The van der Waals surface area contributed by atoms with Gasteiger partial charge in [-0.3, -0.25) is 4.79 Å². The first-order valence-corrected chi connectivity index (χ1v) is 6.25. The predicted octanol–water partition coefficient (Wildman–Crippen LogP) is 2.70. The van der Waals surface area contributed by atoms with E-state index < -0.39 is 0 Å². The molecule has 0 aromatic carbocycles. The second-order valence-electron chi connectivity index (χ2n) is 4.56. The Bertz CT molecular complexity index is 264. The number of nitrogens with zero attached hydrogens (tertiary/aromatic N) is 1. The molecule has 0 spiro atoms. The first-order chi connectivity index (χ1) is 7.71. The van der Waals surface area contributed by atoms with E-state index in [1.165, 1.54) is 0 Å². The number of ether oxygens (including phenoxy) is 1. The molecule has 0 aromatic heterocycles. The van der Waals surface area contributed by atoms with Crippen LogP contribution in [0.25, 0.3) is 0 Å². The second-order valence-corrected chi connectivity index (χ2v) is 4.56. The molecule has 0 N–H and O–H groups in total. The summed E-state index contributed by atoms with van der Waals surface area (Å²) in [5.74, 6) is 0.206. The van der Waals surface area contributed by atoms with Crippen LogP contribution >= 0.6 is 0 Å². The van der Waals surface area contributed by atoms with E-state index in [0.29, 0.717) is 24.9 Å². The normalized spacial score (nSPS) is 25.6. The summed E-state index contributed by atoms with van der Waals surface area (Å²) in [5.41, 5.74) is 0. The highest BCUT2D eigenvalue weighted by molar-refractivity contribution is 5.83. The fourth-order valence-corrected chi connectivity index (χ4v) is 2.23. The zero-order valence-electron chi connectivity index (χ0n) is 10.2. The van der Waals surface area contributed by atoms with Crippen molar-refractivity contribution in [2.75, 3.05) is 6.61 Å². The van der Waals surface area contributed by atoms with Gasteiger partial charge in [0.25, 0.3) is 0 Å². The number of carbonyl (C=O) groups excluding carboxylic acids is 1. The van der Waals surface area contributed by atoms with E-state index >= 15 is 0 Å². The smallest absolute Gasteiger partial charge is 0.150 e. The van der Waals surface area contributed by atoms with Crippen molar-refractivity contribution in [1.29, 1.82) is 5.26 Å².